The molecule has 0 aliphatic carbocycles. The highest BCUT2D eigenvalue weighted by molar-refractivity contribution is 5.72. The Morgan fingerprint density at radius 1 is 1.53 bits per heavy atom. The predicted molar refractivity (Wildman–Crippen MR) is 66.6 cm³/mol. The number of aromatic amines is 1. The van der Waals surface area contributed by atoms with Gasteiger partial charge in [0.25, 0.3) is 0 Å². The molecule has 1 aliphatic heterocycles. The third-order valence-corrected chi connectivity index (χ3v) is 3.36. The Hall–Kier alpha value is -2.18. The average Bonchev–Trinajstić information content (AvgIpc) is 2.46. The predicted octanol–water partition coefficient (Wildman–Crippen LogP) is 0.798. The number of methoxy groups -OCH3 is 1. The number of pyridine rings is 1. The van der Waals surface area contributed by atoms with E-state index in [9.17, 15) is 14.9 Å². The number of esters is 1. The molecule has 1 aliphatic rings. The second-order valence-corrected chi connectivity index (χ2v) is 4.45. The van der Waals surface area contributed by atoms with E-state index in [0.717, 1.165) is 0 Å². The largest absolute Gasteiger partial charge is 0.469 e. The quantitative estimate of drug-likeness (QED) is 0.459. The first kappa shape index (κ1) is 13.3. The van der Waals surface area contributed by atoms with E-state index in [1.165, 1.54) is 13.2 Å². The Labute approximate surface area is 110 Å². The molecule has 0 saturated carbocycles. The Bertz CT molecular complexity index is 484. The number of nitrogens with zero attached hydrogens (tertiary/aromatic N) is 2. The van der Waals surface area contributed by atoms with Gasteiger partial charge in [-0.15, -0.1) is 0 Å². The lowest BCUT2D eigenvalue weighted by molar-refractivity contribution is -0.411. The molecule has 19 heavy (non-hydrogen) atoms. The van der Waals surface area contributed by atoms with Crippen LogP contribution in [0.15, 0.2) is 18.3 Å². The summed E-state index contributed by atoms with van der Waals surface area (Å²) in [5, 5.41) is 11.0. The number of nitrogens with one attached hydrogen (secondary N) is 1. The molecule has 7 nitrogen and oxygen atoms in total. The van der Waals surface area contributed by atoms with E-state index in [1.54, 1.807) is 12.3 Å². The normalized spacial score (nSPS) is 16.2. The van der Waals surface area contributed by atoms with Gasteiger partial charge in [0.2, 0.25) is 0 Å². The molecular weight excluding hydrogens is 250 g/mol. The fraction of sp³-hybridized carbons (Fsp3) is 0.500. The molecule has 1 aromatic heterocycles. The molecule has 0 bridgehead atoms. The van der Waals surface area contributed by atoms with Crippen molar-refractivity contribution in [2.45, 2.75) is 12.8 Å². The summed E-state index contributed by atoms with van der Waals surface area (Å²) in [7, 11) is 1.38. The Morgan fingerprint density at radius 3 is 2.79 bits per heavy atom. The smallest absolute Gasteiger partial charge is 0.357 e. The second-order valence-electron chi connectivity index (χ2n) is 4.45. The van der Waals surface area contributed by atoms with Gasteiger partial charge in [-0.25, -0.2) is 4.98 Å². The van der Waals surface area contributed by atoms with Crippen LogP contribution < -0.4 is 9.88 Å². The summed E-state index contributed by atoms with van der Waals surface area (Å²) in [5.41, 5.74) is 0.0546. The molecule has 102 valence electrons. The van der Waals surface area contributed by atoms with Crippen molar-refractivity contribution in [3.8, 4) is 0 Å². The summed E-state index contributed by atoms with van der Waals surface area (Å²) in [5.74, 6) is 0.186. The minimum atomic E-state index is -0.405. The van der Waals surface area contributed by atoms with Crippen molar-refractivity contribution in [3.05, 3.63) is 28.4 Å². The minimum absolute atomic E-state index is 0.0546. The zero-order valence-corrected chi connectivity index (χ0v) is 10.7. The molecule has 0 radical (unpaired) electrons. The van der Waals surface area contributed by atoms with Gasteiger partial charge in [0.1, 0.15) is 0 Å². The lowest BCUT2D eigenvalue weighted by atomic mass is 9.97. The van der Waals surface area contributed by atoms with Crippen LogP contribution in [0.3, 0.4) is 0 Å². The maximum Gasteiger partial charge on any atom is 0.357 e. The van der Waals surface area contributed by atoms with Crippen molar-refractivity contribution >= 4 is 17.5 Å². The summed E-state index contributed by atoms with van der Waals surface area (Å²) < 4.78 is 4.72. The summed E-state index contributed by atoms with van der Waals surface area (Å²) in [6.45, 7) is 1.20. The van der Waals surface area contributed by atoms with Crippen LogP contribution in [-0.2, 0) is 9.53 Å². The van der Waals surface area contributed by atoms with E-state index in [2.05, 4.69) is 4.98 Å². The zero-order valence-electron chi connectivity index (χ0n) is 10.7. The van der Waals surface area contributed by atoms with Crippen LogP contribution in [0, 0.1) is 16.0 Å². The zero-order chi connectivity index (χ0) is 13.8. The maximum atomic E-state index is 11.4. The first-order valence-corrected chi connectivity index (χ1v) is 6.11. The van der Waals surface area contributed by atoms with E-state index in [0.29, 0.717) is 31.7 Å². The van der Waals surface area contributed by atoms with Crippen LogP contribution in [0.2, 0.25) is 0 Å². The summed E-state index contributed by atoms with van der Waals surface area (Å²) in [4.78, 5) is 26.8. The third-order valence-electron chi connectivity index (χ3n) is 3.36. The number of hydrogen-bond donors (Lipinski definition) is 0. The molecule has 1 saturated heterocycles. The number of rotatable bonds is 3. The van der Waals surface area contributed by atoms with Crippen molar-refractivity contribution in [2.75, 3.05) is 25.1 Å². The minimum Gasteiger partial charge on any atom is -0.469 e. The number of piperidine rings is 1. The van der Waals surface area contributed by atoms with E-state index in [4.69, 9.17) is 4.74 Å². The van der Waals surface area contributed by atoms with E-state index >= 15 is 0 Å². The monoisotopic (exact) mass is 266 g/mol. The Morgan fingerprint density at radius 2 is 2.21 bits per heavy atom. The number of aromatic nitrogens is 1. The van der Waals surface area contributed by atoms with Crippen molar-refractivity contribution in [2.24, 2.45) is 5.92 Å². The molecular formula is C12H16N3O4+. The highest BCUT2D eigenvalue weighted by Gasteiger charge is 2.34. The first-order valence-electron chi connectivity index (χ1n) is 6.11. The standard InChI is InChI=1S/C12H15N3O4/c1-19-12(16)9-4-7-14(8-5-9)11-10(15(17)18)3-2-6-13-11/h2-3,6,9H,4-5,7-8H2,1H3/p+1. The lowest BCUT2D eigenvalue weighted by Crippen LogP contribution is -2.39. The maximum absolute atomic E-state index is 11.4. The van der Waals surface area contributed by atoms with Gasteiger partial charge >= 0.3 is 17.5 Å². The van der Waals surface area contributed by atoms with Gasteiger partial charge < -0.3 is 4.74 Å². The third kappa shape index (κ3) is 2.81. The highest BCUT2D eigenvalue weighted by Crippen LogP contribution is 2.27. The lowest BCUT2D eigenvalue weighted by Gasteiger charge is -2.25. The van der Waals surface area contributed by atoms with Crippen molar-refractivity contribution < 1.29 is 19.4 Å². The van der Waals surface area contributed by atoms with E-state index < -0.39 is 4.92 Å². The van der Waals surface area contributed by atoms with Crippen LogP contribution in [-0.4, -0.2) is 31.1 Å². The fourth-order valence-corrected chi connectivity index (χ4v) is 2.33. The Kier molecular flexibility index (Phi) is 3.94. The average molecular weight is 266 g/mol. The highest BCUT2D eigenvalue weighted by atomic mass is 16.6. The van der Waals surface area contributed by atoms with Gasteiger partial charge in [0.05, 0.1) is 37.2 Å². The van der Waals surface area contributed by atoms with Gasteiger partial charge in [-0.2, -0.15) is 0 Å². The topological polar surface area (TPSA) is 86.8 Å². The summed E-state index contributed by atoms with van der Waals surface area (Å²) in [6, 6.07) is 3.07. The number of anilines is 1. The molecule has 0 atom stereocenters. The van der Waals surface area contributed by atoms with Gasteiger partial charge in [0, 0.05) is 6.07 Å². The van der Waals surface area contributed by atoms with Crippen LogP contribution >= 0.6 is 0 Å². The van der Waals surface area contributed by atoms with Crippen LogP contribution in [0.1, 0.15) is 12.8 Å². The fourth-order valence-electron chi connectivity index (χ4n) is 2.33. The van der Waals surface area contributed by atoms with Gasteiger partial charge in [-0.1, -0.05) is 0 Å². The molecule has 1 aromatic rings. The Balaban J connectivity index is 2.10. The van der Waals surface area contributed by atoms with E-state index in [1.807, 2.05) is 4.90 Å². The molecule has 1 fully saturated rings. The molecule has 7 heteroatoms. The van der Waals surface area contributed by atoms with E-state index in [-0.39, 0.29) is 17.6 Å². The number of hydrogen-bond acceptors (Lipinski definition) is 5. The number of carbonyl (C=O) groups is 1. The summed E-state index contributed by atoms with van der Waals surface area (Å²) >= 11 is 0. The number of nitro groups is 1. The van der Waals surface area contributed by atoms with Crippen LogP contribution in [0.4, 0.5) is 11.5 Å². The molecule has 2 heterocycles. The van der Waals surface area contributed by atoms with Crippen molar-refractivity contribution in [3.63, 3.8) is 0 Å². The first-order chi connectivity index (χ1) is 9.13. The van der Waals surface area contributed by atoms with Crippen molar-refractivity contribution in [1.82, 2.24) is 0 Å². The van der Waals surface area contributed by atoms with Crippen LogP contribution in [0.25, 0.3) is 0 Å². The number of ether oxygens (including phenoxy) is 1. The van der Waals surface area contributed by atoms with Gasteiger partial charge in [-0.3, -0.25) is 19.8 Å². The molecule has 0 aromatic carbocycles. The molecule has 0 amide bonds. The van der Waals surface area contributed by atoms with Crippen LogP contribution in [0.5, 0.6) is 0 Å². The van der Waals surface area contributed by atoms with Crippen molar-refractivity contribution in [1.29, 1.82) is 0 Å². The molecule has 1 N–H and O–H groups in total. The number of carbonyl (C=O) groups excluding carboxylic acids is 1. The number of H-pyrrole nitrogens is 1. The molecule has 2 rings (SSSR count). The summed E-state index contributed by atoms with van der Waals surface area (Å²) in [6.07, 6.45) is 2.95. The molecule has 0 unspecified atom stereocenters. The van der Waals surface area contributed by atoms with Gasteiger partial charge in [-0.05, 0) is 18.9 Å². The molecule has 0 spiro atoms. The van der Waals surface area contributed by atoms with Gasteiger partial charge in [0.15, 0.2) is 0 Å². The SMILES string of the molecule is COC(=O)C1CCN(c2[nH+]cccc2[N+](=O)[O-])CC1. The second kappa shape index (κ2) is 5.64.